The molecule has 1 N–H and O–H groups in total. The number of hydrogen-bond donors (Lipinski definition) is 1. The zero-order valence-corrected chi connectivity index (χ0v) is 7.58. The van der Waals surface area contributed by atoms with Gasteiger partial charge in [0.25, 0.3) is 0 Å². The van der Waals surface area contributed by atoms with Gasteiger partial charge in [-0.2, -0.15) is 0 Å². The summed E-state index contributed by atoms with van der Waals surface area (Å²) in [6, 6.07) is 5.06. The van der Waals surface area contributed by atoms with Gasteiger partial charge in [-0.05, 0) is 17.2 Å². The quantitative estimate of drug-likeness (QED) is 0.727. The molecule has 1 aromatic rings. The number of sulfone groups is 1. The molecule has 1 aromatic carbocycles. The zero-order chi connectivity index (χ0) is 9.47. The molecule has 0 amide bonds. The van der Waals surface area contributed by atoms with Crippen molar-refractivity contribution in [2.75, 3.05) is 0 Å². The number of benzene rings is 1. The van der Waals surface area contributed by atoms with E-state index in [1.54, 1.807) is 24.3 Å². The van der Waals surface area contributed by atoms with Crippen LogP contribution in [0.15, 0.2) is 28.5 Å². The fourth-order valence-electron chi connectivity index (χ4n) is 1.44. The van der Waals surface area contributed by atoms with Gasteiger partial charge in [0.1, 0.15) is 0 Å². The van der Waals surface area contributed by atoms with E-state index in [9.17, 15) is 8.42 Å². The highest BCUT2D eigenvalue weighted by atomic mass is 32.2. The van der Waals surface area contributed by atoms with Crippen LogP contribution < -0.4 is 0 Å². The molecule has 0 fully saturated rings. The number of aliphatic hydroxyl groups excluding tert-OH is 1. The van der Waals surface area contributed by atoms with Crippen LogP contribution in [-0.2, 0) is 16.4 Å². The molecular formula is C9H8O3S. The largest absolute Gasteiger partial charge is 0.392 e. The van der Waals surface area contributed by atoms with Gasteiger partial charge in [0.15, 0.2) is 0 Å². The fourth-order valence-corrected chi connectivity index (χ4v) is 2.86. The Morgan fingerprint density at radius 3 is 2.77 bits per heavy atom. The summed E-state index contributed by atoms with van der Waals surface area (Å²) in [5.74, 6) is 0. The molecule has 1 aliphatic heterocycles. The molecule has 1 heterocycles. The topological polar surface area (TPSA) is 54.4 Å². The van der Waals surface area contributed by atoms with E-state index in [2.05, 4.69) is 0 Å². The summed E-state index contributed by atoms with van der Waals surface area (Å²) < 4.78 is 22.9. The van der Waals surface area contributed by atoms with Crippen molar-refractivity contribution in [2.45, 2.75) is 11.5 Å². The van der Waals surface area contributed by atoms with Crippen molar-refractivity contribution in [2.24, 2.45) is 0 Å². The Morgan fingerprint density at radius 1 is 1.31 bits per heavy atom. The van der Waals surface area contributed by atoms with Crippen molar-refractivity contribution in [1.82, 2.24) is 0 Å². The number of aliphatic hydroxyl groups is 1. The molecule has 0 unspecified atom stereocenters. The first-order valence-electron chi connectivity index (χ1n) is 3.81. The minimum absolute atomic E-state index is 0.246. The summed E-state index contributed by atoms with van der Waals surface area (Å²) in [5.41, 5.74) is 1.12. The van der Waals surface area contributed by atoms with Crippen molar-refractivity contribution in [3.05, 3.63) is 34.7 Å². The Kier molecular flexibility index (Phi) is 1.75. The average molecular weight is 196 g/mol. The maximum absolute atomic E-state index is 11.4. The molecule has 3 nitrogen and oxygen atoms in total. The van der Waals surface area contributed by atoms with Crippen LogP contribution in [0, 0.1) is 0 Å². The van der Waals surface area contributed by atoms with Gasteiger partial charge in [-0.15, -0.1) is 0 Å². The van der Waals surface area contributed by atoms with Gasteiger partial charge >= 0.3 is 0 Å². The number of rotatable bonds is 1. The molecule has 0 saturated heterocycles. The maximum Gasteiger partial charge on any atom is 0.200 e. The van der Waals surface area contributed by atoms with E-state index in [0.717, 1.165) is 5.41 Å². The van der Waals surface area contributed by atoms with Gasteiger partial charge in [-0.3, -0.25) is 0 Å². The molecule has 0 aromatic heterocycles. The summed E-state index contributed by atoms with van der Waals surface area (Å²) in [7, 11) is -3.29. The normalized spacial score (nSPS) is 17.3. The third-order valence-electron chi connectivity index (χ3n) is 2.01. The Hall–Kier alpha value is -1.13. The van der Waals surface area contributed by atoms with Gasteiger partial charge in [-0.25, -0.2) is 8.42 Å². The summed E-state index contributed by atoms with van der Waals surface area (Å²) in [4.78, 5) is 0.248. The van der Waals surface area contributed by atoms with Gasteiger partial charge < -0.3 is 5.11 Å². The third kappa shape index (κ3) is 1.18. The van der Waals surface area contributed by atoms with Gasteiger partial charge in [0.2, 0.25) is 9.84 Å². The predicted molar refractivity (Wildman–Crippen MR) is 48.6 cm³/mol. The first-order valence-corrected chi connectivity index (χ1v) is 5.36. The molecular weight excluding hydrogens is 188 g/mol. The van der Waals surface area contributed by atoms with E-state index in [1.807, 2.05) is 0 Å². The first-order chi connectivity index (χ1) is 6.15. The lowest BCUT2D eigenvalue weighted by molar-refractivity contribution is 0.278. The maximum atomic E-state index is 11.4. The molecule has 68 valence electrons. The minimum Gasteiger partial charge on any atom is -0.392 e. The first kappa shape index (κ1) is 8.47. The monoisotopic (exact) mass is 196 g/mol. The molecule has 0 spiro atoms. The second-order valence-corrected chi connectivity index (χ2v) is 4.61. The third-order valence-corrected chi connectivity index (χ3v) is 3.57. The van der Waals surface area contributed by atoms with E-state index < -0.39 is 9.84 Å². The minimum atomic E-state index is -3.29. The van der Waals surface area contributed by atoms with Crippen LogP contribution in [0.4, 0.5) is 0 Å². The molecule has 13 heavy (non-hydrogen) atoms. The predicted octanol–water partition coefficient (Wildman–Crippen LogP) is 0.937. The Bertz CT molecular complexity index is 472. The second-order valence-electron chi connectivity index (χ2n) is 2.84. The van der Waals surface area contributed by atoms with Crippen LogP contribution in [0.2, 0.25) is 0 Å². The highest BCUT2D eigenvalue weighted by Gasteiger charge is 2.23. The van der Waals surface area contributed by atoms with Crippen molar-refractivity contribution in [3.8, 4) is 0 Å². The fraction of sp³-hybridized carbons (Fsp3) is 0.111. The van der Waals surface area contributed by atoms with Crippen LogP contribution >= 0.6 is 0 Å². The smallest absolute Gasteiger partial charge is 0.200 e. The van der Waals surface area contributed by atoms with Crippen molar-refractivity contribution in [3.63, 3.8) is 0 Å². The van der Waals surface area contributed by atoms with E-state index in [0.29, 0.717) is 11.1 Å². The lowest BCUT2D eigenvalue weighted by Gasteiger charge is -2.03. The highest BCUT2D eigenvalue weighted by molar-refractivity contribution is 7.94. The van der Waals surface area contributed by atoms with Crippen molar-refractivity contribution in [1.29, 1.82) is 0 Å². The van der Waals surface area contributed by atoms with Gasteiger partial charge in [0.05, 0.1) is 11.5 Å². The van der Waals surface area contributed by atoms with Crippen LogP contribution in [-0.4, -0.2) is 13.5 Å². The van der Waals surface area contributed by atoms with Crippen LogP contribution in [0.1, 0.15) is 11.1 Å². The number of hydrogen-bond acceptors (Lipinski definition) is 3. The Balaban J connectivity index is 2.79. The Morgan fingerprint density at radius 2 is 2.08 bits per heavy atom. The van der Waals surface area contributed by atoms with E-state index >= 15 is 0 Å². The lowest BCUT2D eigenvalue weighted by atomic mass is 10.1. The SMILES string of the molecule is O=S1(=O)C=Cc2cccc(CO)c21. The zero-order valence-electron chi connectivity index (χ0n) is 6.77. The molecule has 0 atom stereocenters. The lowest BCUT2D eigenvalue weighted by Crippen LogP contribution is -1.99. The summed E-state index contributed by atoms with van der Waals surface area (Å²) in [6.45, 7) is -0.246. The molecule has 2 rings (SSSR count). The standard InChI is InChI=1S/C9H8O3S/c10-6-8-3-1-2-7-4-5-13(11,12)9(7)8/h1-5,10H,6H2. The number of fused-ring (bicyclic) bond motifs is 1. The summed E-state index contributed by atoms with van der Waals surface area (Å²) in [5, 5.41) is 10.1. The van der Waals surface area contributed by atoms with Gasteiger partial charge in [0, 0.05) is 5.41 Å². The highest BCUT2D eigenvalue weighted by Crippen LogP contribution is 2.29. The molecule has 0 saturated carbocycles. The van der Waals surface area contributed by atoms with E-state index in [4.69, 9.17) is 5.11 Å². The molecule has 0 radical (unpaired) electrons. The van der Waals surface area contributed by atoms with Gasteiger partial charge in [-0.1, -0.05) is 18.2 Å². The van der Waals surface area contributed by atoms with E-state index in [-0.39, 0.29) is 11.5 Å². The van der Waals surface area contributed by atoms with Crippen LogP contribution in [0.5, 0.6) is 0 Å². The molecule has 1 aliphatic rings. The summed E-state index contributed by atoms with van der Waals surface area (Å²) in [6.07, 6.45) is 1.55. The van der Waals surface area contributed by atoms with Crippen molar-refractivity contribution >= 4 is 15.9 Å². The molecule has 0 aliphatic carbocycles. The van der Waals surface area contributed by atoms with Crippen molar-refractivity contribution < 1.29 is 13.5 Å². The Labute approximate surface area is 76.3 Å². The molecule has 0 bridgehead atoms. The van der Waals surface area contributed by atoms with Crippen LogP contribution in [0.25, 0.3) is 6.08 Å². The van der Waals surface area contributed by atoms with E-state index in [1.165, 1.54) is 0 Å². The second kappa shape index (κ2) is 2.68. The average Bonchev–Trinajstić information content (AvgIpc) is 2.43. The molecule has 4 heteroatoms. The van der Waals surface area contributed by atoms with Crippen LogP contribution in [0.3, 0.4) is 0 Å². The summed E-state index contributed by atoms with van der Waals surface area (Å²) >= 11 is 0.